The van der Waals surface area contributed by atoms with Crippen molar-refractivity contribution in [3.63, 3.8) is 0 Å². The van der Waals surface area contributed by atoms with E-state index in [1.807, 2.05) is 72.8 Å². The molecule has 1 N–H and O–H groups in total. The summed E-state index contributed by atoms with van der Waals surface area (Å²) in [6, 6.07) is 36.3. The van der Waals surface area contributed by atoms with E-state index >= 15 is 0 Å². The molecule has 0 amide bonds. The highest BCUT2D eigenvalue weighted by Gasteiger charge is 2.28. The number of carbonyl (C=O) groups is 2. The van der Waals surface area contributed by atoms with Gasteiger partial charge < -0.3 is 24.0 Å². The zero-order valence-electron chi connectivity index (χ0n) is 31.9. The maximum absolute atomic E-state index is 13.4. The number of rotatable bonds is 15. The van der Waals surface area contributed by atoms with E-state index in [4.69, 9.17) is 25.6 Å². The Morgan fingerprint density at radius 2 is 0.907 bits per heavy atom. The van der Waals surface area contributed by atoms with Crippen molar-refractivity contribution in [2.75, 3.05) is 46.1 Å². The van der Waals surface area contributed by atoms with Gasteiger partial charge in [0.1, 0.15) is 13.2 Å². The van der Waals surface area contributed by atoms with Crippen molar-refractivity contribution in [3.05, 3.63) is 146 Å². The predicted molar refractivity (Wildman–Crippen MR) is 223 cm³/mol. The number of esters is 2. The highest BCUT2D eigenvalue weighted by atomic mass is 35.7. The average Bonchev–Trinajstić information content (AvgIpc) is 3.21. The molecule has 0 heterocycles. The van der Waals surface area contributed by atoms with E-state index in [2.05, 4.69) is 43.6 Å². The summed E-state index contributed by atoms with van der Waals surface area (Å²) < 4.78 is 40.9. The lowest BCUT2D eigenvalue weighted by Gasteiger charge is -2.19. The molecule has 54 heavy (non-hydrogen) atoms. The smallest absolute Gasteiger partial charge is 0.333 e. The van der Waals surface area contributed by atoms with Crippen LogP contribution in [0.25, 0.3) is 0 Å². The van der Waals surface area contributed by atoms with Crippen molar-refractivity contribution < 1.29 is 37.8 Å². The van der Waals surface area contributed by atoms with Crippen LogP contribution in [0.5, 0.6) is 0 Å². The Morgan fingerprint density at radius 3 is 1.19 bits per heavy atom. The number of hydrogen-bond donors (Lipinski definition) is 1. The average molecular weight is 798 g/mol. The second-order valence-electron chi connectivity index (χ2n) is 11.4. The standard InChI is InChI=1S/C18H19O4P.C12H10ClOP.C6H15N.C6H10O3/c1-15(2)18(19)21-13-14-22-23(20,16-9-5-3-6-10-16)17-11-7-4-8-12-17;13-15(14,11-7-3-1-4-8-11)12-9-5-2-6-10-12;1-4-7(5-2)6-3;1-5(2)6(8)9-4-3-7/h3-12H,1,13-14H2,2H3;1-10H;4-6H2,1-3H3;7H,1,3-4H2,2H3. The van der Waals surface area contributed by atoms with Crippen LogP contribution in [-0.4, -0.2) is 68.0 Å². The second kappa shape index (κ2) is 26.7. The van der Waals surface area contributed by atoms with Gasteiger partial charge in [0, 0.05) is 32.4 Å². The van der Waals surface area contributed by atoms with Gasteiger partial charge in [0.2, 0.25) is 6.49 Å². The van der Waals surface area contributed by atoms with E-state index in [9.17, 15) is 18.7 Å². The third-order valence-electron chi connectivity index (χ3n) is 7.32. The molecule has 0 fully saturated rings. The second-order valence-corrected chi connectivity index (χ2v) is 17.4. The number of ether oxygens (including phenoxy) is 2. The topological polar surface area (TPSA) is 119 Å². The van der Waals surface area contributed by atoms with Crippen LogP contribution in [0.2, 0.25) is 0 Å². The molecule has 0 spiro atoms. The minimum Gasteiger partial charge on any atom is -0.460 e. The highest BCUT2D eigenvalue weighted by Crippen LogP contribution is 2.48. The van der Waals surface area contributed by atoms with Crippen LogP contribution in [-0.2, 0) is 32.7 Å². The van der Waals surface area contributed by atoms with Gasteiger partial charge in [0.15, 0.2) is 0 Å². The Bertz CT molecular complexity index is 1680. The molecule has 0 aliphatic heterocycles. The number of benzene rings is 4. The van der Waals surface area contributed by atoms with E-state index in [-0.39, 0.29) is 26.4 Å². The molecular formula is C42H54ClNO8P2. The molecule has 0 unspecified atom stereocenters. The molecule has 4 rings (SSSR count). The van der Waals surface area contributed by atoms with Crippen molar-refractivity contribution in [3.8, 4) is 0 Å². The summed E-state index contributed by atoms with van der Waals surface area (Å²) in [6.07, 6.45) is 0. The Balaban J connectivity index is 0.000000402. The van der Waals surface area contributed by atoms with Crippen molar-refractivity contribution in [2.45, 2.75) is 34.6 Å². The lowest BCUT2D eigenvalue weighted by molar-refractivity contribution is -0.140. The third kappa shape index (κ3) is 17.4. The lowest BCUT2D eigenvalue weighted by atomic mass is 10.4. The van der Waals surface area contributed by atoms with E-state index in [0.29, 0.717) is 32.4 Å². The maximum atomic E-state index is 13.4. The molecule has 12 heteroatoms. The number of aliphatic hydroxyl groups is 1. The normalized spacial score (nSPS) is 10.6. The van der Waals surface area contributed by atoms with E-state index in [0.717, 1.165) is 0 Å². The van der Waals surface area contributed by atoms with E-state index < -0.39 is 25.8 Å². The van der Waals surface area contributed by atoms with Gasteiger partial charge in [-0.3, -0.25) is 9.13 Å². The molecule has 0 aliphatic carbocycles. The largest absolute Gasteiger partial charge is 0.460 e. The lowest BCUT2D eigenvalue weighted by Crippen LogP contribution is -2.21. The van der Waals surface area contributed by atoms with Crippen molar-refractivity contribution in [1.29, 1.82) is 0 Å². The maximum Gasteiger partial charge on any atom is 0.333 e. The van der Waals surface area contributed by atoms with Gasteiger partial charge in [-0.2, -0.15) is 0 Å². The molecule has 9 nitrogen and oxygen atoms in total. The van der Waals surface area contributed by atoms with Crippen LogP contribution < -0.4 is 21.2 Å². The third-order valence-corrected chi connectivity index (χ3v) is 12.9. The summed E-state index contributed by atoms with van der Waals surface area (Å²) in [5, 5.41) is 10.8. The summed E-state index contributed by atoms with van der Waals surface area (Å²) in [5.41, 5.74) is 0.669. The van der Waals surface area contributed by atoms with Crippen molar-refractivity contribution in [2.24, 2.45) is 0 Å². The number of hydrogen-bond acceptors (Lipinski definition) is 9. The van der Waals surface area contributed by atoms with Gasteiger partial charge in [-0.1, -0.05) is 131 Å². The Morgan fingerprint density at radius 1 is 0.593 bits per heavy atom. The van der Waals surface area contributed by atoms with Crippen LogP contribution in [0.3, 0.4) is 0 Å². The first-order valence-corrected chi connectivity index (χ1v) is 21.8. The zero-order valence-corrected chi connectivity index (χ0v) is 34.5. The van der Waals surface area contributed by atoms with Gasteiger partial charge in [-0.15, -0.1) is 0 Å². The zero-order chi connectivity index (χ0) is 40.4. The molecular weight excluding hydrogens is 744 g/mol. The number of halogens is 1. The van der Waals surface area contributed by atoms with Crippen LogP contribution in [0.15, 0.2) is 146 Å². The van der Waals surface area contributed by atoms with Crippen LogP contribution >= 0.6 is 25.1 Å². The van der Waals surface area contributed by atoms with Crippen molar-refractivity contribution >= 4 is 58.3 Å². The molecule has 0 aromatic heterocycles. The SMILES string of the molecule is C=C(C)C(=O)OCCO.C=C(C)C(=O)OCCOP(=O)(c1ccccc1)c1ccccc1.CCN(CC)CC.O=P(Cl)(c1ccccc1)c1ccccc1. The Labute approximate surface area is 326 Å². The Hall–Kier alpha value is -4.07. The van der Waals surface area contributed by atoms with Crippen molar-refractivity contribution in [1.82, 2.24) is 4.90 Å². The molecule has 4 aromatic carbocycles. The summed E-state index contributed by atoms with van der Waals surface area (Å²) >= 11 is 6.14. The number of aliphatic hydroxyl groups excluding tert-OH is 1. The van der Waals surface area contributed by atoms with Gasteiger partial charge in [0.05, 0.1) is 13.2 Å². The van der Waals surface area contributed by atoms with E-state index in [1.165, 1.54) is 19.6 Å². The molecule has 0 atom stereocenters. The molecule has 0 radical (unpaired) electrons. The highest BCUT2D eigenvalue weighted by molar-refractivity contribution is 8.00. The summed E-state index contributed by atoms with van der Waals surface area (Å²) in [5.74, 6) is -0.938. The first-order chi connectivity index (χ1) is 25.8. The minimum atomic E-state index is -3.22. The van der Waals surface area contributed by atoms with E-state index in [1.54, 1.807) is 62.4 Å². The Kier molecular flexibility index (Phi) is 23.7. The fraction of sp³-hybridized carbons (Fsp3) is 0.286. The summed E-state index contributed by atoms with van der Waals surface area (Å²) in [6.45, 7) is 17.2. The monoisotopic (exact) mass is 797 g/mol. The van der Waals surface area contributed by atoms with Crippen LogP contribution in [0, 0.1) is 0 Å². The molecule has 4 aromatic rings. The molecule has 0 saturated heterocycles. The quantitative estimate of drug-likeness (QED) is 0.0560. The summed E-state index contributed by atoms with van der Waals surface area (Å²) in [4.78, 5) is 24.2. The van der Waals surface area contributed by atoms with Gasteiger partial charge in [-0.25, -0.2) is 9.59 Å². The molecule has 0 bridgehead atoms. The van der Waals surface area contributed by atoms with Gasteiger partial charge in [0.25, 0.3) is 7.37 Å². The minimum absolute atomic E-state index is 0.0232. The van der Waals surface area contributed by atoms with Crippen LogP contribution in [0.4, 0.5) is 0 Å². The fourth-order valence-corrected chi connectivity index (χ4v) is 8.43. The first kappa shape index (κ1) is 48.0. The van der Waals surface area contributed by atoms with Crippen LogP contribution in [0.1, 0.15) is 34.6 Å². The van der Waals surface area contributed by atoms with Gasteiger partial charge >= 0.3 is 11.9 Å². The number of nitrogens with zero attached hydrogens (tertiary/aromatic N) is 1. The van der Waals surface area contributed by atoms with Gasteiger partial charge in [-0.05, 0) is 69.0 Å². The molecule has 0 saturated carbocycles. The summed E-state index contributed by atoms with van der Waals surface area (Å²) in [7, 11) is -3.22. The number of carbonyl (C=O) groups excluding carboxylic acids is 2. The molecule has 0 aliphatic rings. The predicted octanol–water partition coefficient (Wildman–Crippen LogP) is 7.65. The molecule has 292 valence electrons. The first-order valence-electron chi connectivity index (χ1n) is 17.5. The fourth-order valence-electron chi connectivity index (χ4n) is 4.29.